The molecule has 3 aromatic rings. The van der Waals surface area contributed by atoms with E-state index in [0.29, 0.717) is 12.2 Å². The quantitative estimate of drug-likeness (QED) is 0.384. The number of hydrogen-bond donors (Lipinski definition) is 4. The first-order valence-electron chi connectivity index (χ1n) is 9.89. The molecule has 0 radical (unpaired) electrons. The molecule has 3 heterocycles. The molecule has 0 spiro atoms. The van der Waals surface area contributed by atoms with Crippen molar-refractivity contribution in [1.29, 1.82) is 0 Å². The van der Waals surface area contributed by atoms with E-state index in [-0.39, 0.29) is 36.7 Å². The van der Waals surface area contributed by atoms with Crippen molar-refractivity contribution < 1.29 is 24.8 Å². The van der Waals surface area contributed by atoms with Crippen molar-refractivity contribution in [2.45, 2.75) is 43.9 Å². The molecule has 0 unspecified atom stereocenters. The van der Waals surface area contributed by atoms with Crippen LogP contribution in [0.2, 0.25) is 0 Å². The summed E-state index contributed by atoms with van der Waals surface area (Å²) in [5.74, 6) is 0.651. The molecule has 4 rings (SSSR count). The van der Waals surface area contributed by atoms with Gasteiger partial charge in [-0.2, -0.15) is 4.98 Å². The van der Waals surface area contributed by atoms with Crippen molar-refractivity contribution in [2.75, 3.05) is 19.5 Å². The number of nitrogens with two attached hydrogens (primary N) is 1. The number of nitrogen functional groups attached to an aromatic ring is 1. The maximum atomic E-state index is 12.9. The number of methoxy groups -OCH3 is 1. The van der Waals surface area contributed by atoms with Crippen LogP contribution in [0.1, 0.15) is 18.2 Å². The Hall–Kier alpha value is -2.99. The first-order valence-corrected chi connectivity index (χ1v) is 9.89. The van der Waals surface area contributed by atoms with Crippen molar-refractivity contribution in [3.8, 4) is 5.75 Å². The molecule has 1 aliphatic rings. The number of ether oxygens (including phenoxy) is 2. The Labute approximate surface area is 177 Å². The second kappa shape index (κ2) is 8.63. The summed E-state index contributed by atoms with van der Waals surface area (Å²) in [5, 5.41) is 29.7. The molecule has 0 amide bonds. The normalized spacial score (nSPS) is 22.1. The zero-order valence-electron chi connectivity index (χ0n) is 17.0. The molecule has 1 aromatic carbocycles. The fourth-order valence-corrected chi connectivity index (χ4v) is 3.76. The van der Waals surface area contributed by atoms with Gasteiger partial charge in [0.05, 0.1) is 38.8 Å². The number of anilines is 1. The van der Waals surface area contributed by atoms with E-state index < -0.39 is 30.1 Å². The van der Waals surface area contributed by atoms with Crippen molar-refractivity contribution in [2.24, 2.45) is 0 Å². The summed E-state index contributed by atoms with van der Waals surface area (Å²) in [4.78, 5) is 21.4. The summed E-state index contributed by atoms with van der Waals surface area (Å²) in [7, 11) is 1.58. The molecule has 5 N–H and O–H groups in total. The third kappa shape index (κ3) is 4.12. The second-order valence-electron chi connectivity index (χ2n) is 7.53. The number of aliphatic hydroxyl groups excluding tert-OH is 3. The van der Waals surface area contributed by atoms with Gasteiger partial charge in [-0.3, -0.25) is 13.9 Å². The monoisotopic (exact) mass is 431 g/mol. The highest BCUT2D eigenvalue weighted by Crippen LogP contribution is 2.30. The molecule has 11 nitrogen and oxygen atoms in total. The topological polar surface area (TPSA) is 158 Å². The molecular weight excluding hydrogens is 406 g/mol. The highest BCUT2D eigenvalue weighted by atomic mass is 16.5. The predicted molar refractivity (Wildman–Crippen MR) is 111 cm³/mol. The lowest BCUT2D eigenvalue weighted by atomic mass is 10.1. The molecule has 2 aromatic heterocycles. The van der Waals surface area contributed by atoms with E-state index in [1.807, 2.05) is 12.1 Å². The standard InChI is InChI=1S/C20H25N5O6/c1-30-13-4-2-11(3-5-13)6-12(27)8-24-19(29)17-18(23-20(24)21)25(10-22-17)16-7-14(28)15(9-26)31-16/h2-5,10,12,14-16,26-28H,6-9H2,1H3,(H2,21,23)/t12-,14-,15-,16-/m0/s1. The van der Waals surface area contributed by atoms with Gasteiger partial charge in [0, 0.05) is 12.8 Å². The molecule has 31 heavy (non-hydrogen) atoms. The van der Waals surface area contributed by atoms with E-state index in [1.54, 1.807) is 19.2 Å². The van der Waals surface area contributed by atoms with Crippen LogP contribution >= 0.6 is 0 Å². The zero-order valence-corrected chi connectivity index (χ0v) is 17.0. The molecule has 166 valence electrons. The van der Waals surface area contributed by atoms with Crippen molar-refractivity contribution >= 4 is 17.1 Å². The Bertz CT molecular complexity index is 1110. The molecule has 4 atom stereocenters. The van der Waals surface area contributed by atoms with Gasteiger partial charge in [-0.25, -0.2) is 4.98 Å². The van der Waals surface area contributed by atoms with Crippen molar-refractivity contribution in [1.82, 2.24) is 19.1 Å². The van der Waals surface area contributed by atoms with Crippen molar-refractivity contribution in [3.05, 3.63) is 46.5 Å². The molecule has 0 aliphatic carbocycles. The third-order valence-electron chi connectivity index (χ3n) is 5.43. The molecule has 1 saturated heterocycles. The van der Waals surface area contributed by atoms with Gasteiger partial charge in [-0.1, -0.05) is 12.1 Å². The lowest BCUT2D eigenvalue weighted by Crippen LogP contribution is -2.31. The summed E-state index contributed by atoms with van der Waals surface area (Å²) in [5.41, 5.74) is 6.73. The molecular formula is C20H25N5O6. The Morgan fingerprint density at radius 2 is 2.10 bits per heavy atom. The fraction of sp³-hybridized carbons (Fsp3) is 0.450. The molecule has 1 fully saturated rings. The third-order valence-corrected chi connectivity index (χ3v) is 5.43. The van der Waals surface area contributed by atoms with Crippen LogP contribution in [0, 0.1) is 0 Å². The van der Waals surface area contributed by atoms with E-state index in [9.17, 15) is 20.1 Å². The lowest BCUT2D eigenvalue weighted by Gasteiger charge is -2.16. The SMILES string of the molecule is COc1ccc(C[C@H](O)Cn2c(N)nc3c(ncn3[C@@H]3C[C@H](O)[C@H](CO)O3)c2=O)cc1. The maximum absolute atomic E-state index is 12.9. The molecule has 0 saturated carbocycles. The van der Waals surface area contributed by atoms with Crippen LogP contribution in [0.25, 0.3) is 11.2 Å². The van der Waals surface area contributed by atoms with E-state index in [1.165, 1.54) is 15.5 Å². The fourth-order valence-electron chi connectivity index (χ4n) is 3.76. The smallest absolute Gasteiger partial charge is 0.283 e. The minimum Gasteiger partial charge on any atom is -0.497 e. The minimum atomic E-state index is -0.867. The van der Waals surface area contributed by atoms with E-state index in [0.717, 1.165) is 5.56 Å². The van der Waals surface area contributed by atoms with Crippen molar-refractivity contribution in [3.63, 3.8) is 0 Å². The number of fused-ring (bicyclic) bond motifs is 1. The number of aliphatic hydroxyl groups is 3. The lowest BCUT2D eigenvalue weighted by molar-refractivity contribution is -0.0432. The second-order valence-corrected chi connectivity index (χ2v) is 7.53. The Kier molecular flexibility index (Phi) is 5.92. The largest absolute Gasteiger partial charge is 0.497 e. The van der Waals surface area contributed by atoms with E-state index in [2.05, 4.69) is 9.97 Å². The summed E-state index contributed by atoms with van der Waals surface area (Å²) in [6, 6.07) is 7.28. The van der Waals surface area contributed by atoms with Crippen LogP contribution in [0.5, 0.6) is 5.75 Å². The summed E-state index contributed by atoms with van der Waals surface area (Å²) >= 11 is 0. The van der Waals surface area contributed by atoms with Gasteiger partial charge in [-0.05, 0) is 17.7 Å². The highest BCUT2D eigenvalue weighted by Gasteiger charge is 2.35. The van der Waals surface area contributed by atoms with Crippen LogP contribution in [0.15, 0.2) is 35.4 Å². The van der Waals surface area contributed by atoms with Crippen LogP contribution in [0.4, 0.5) is 5.95 Å². The van der Waals surface area contributed by atoms with Crippen LogP contribution in [-0.2, 0) is 17.7 Å². The summed E-state index contributed by atoms with van der Waals surface area (Å²) < 4.78 is 13.4. The number of imidazole rings is 1. The highest BCUT2D eigenvalue weighted by molar-refractivity contribution is 5.71. The Morgan fingerprint density at radius 1 is 1.35 bits per heavy atom. The summed E-state index contributed by atoms with van der Waals surface area (Å²) in [6.07, 6.45) is -1.10. The van der Waals surface area contributed by atoms with Crippen LogP contribution < -0.4 is 16.0 Å². The molecule has 0 bridgehead atoms. The van der Waals surface area contributed by atoms with Gasteiger partial charge in [0.15, 0.2) is 11.2 Å². The summed E-state index contributed by atoms with van der Waals surface area (Å²) in [6.45, 7) is -0.365. The van der Waals surface area contributed by atoms with Crippen LogP contribution in [0.3, 0.4) is 0 Å². The zero-order chi connectivity index (χ0) is 22.1. The number of hydrogen-bond acceptors (Lipinski definition) is 9. The van der Waals surface area contributed by atoms with Gasteiger partial charge >= 0.3 is 0 Å². The number of rotatable bonds is 7. The average molecular weight is 431 g/mol. The number of aromatic nitrogens is 4. The Balaban J connectivity index is 1.56. The first kappa shape index (κ1) is 21.2. The molecule has 11 heteroatoms. The Morgan fingerprint density at radius 3 is 2.74 bits per heavy atom. The van der Waals surface area contributed by atoms with Gasteiger partial charge in [0.2, 0.25) is 5.95 Å². The number of nitrogens with zero attached hydrogens (tertiary/aromatic N) is 4. The molecule has 1 aliphatic heterocycles. The van der Waals surface area contributed by atoms with Gasteiger partial charge in [0.1, 0.15) is 18.1 Å². The number of benzene rings is 1. The minimum absolute atomic E-state index is 0.0439. The van der Waals surface area contributed by atoms with E-state index >= 15 is 0 Å². The van der Waals surface area contributed by atoms with Gasteiger partial charge in [-0.15, -0.1) is 0 Å². The van der Waals surface area contributed by atoms with Gasteiger partial charge < -0.3 is 30.5 Å². The van der Waals surface area contributed by atoms with Gasteiger partial charge in [0.25, 0.3) is 5.56 Å². The van der Waals surface area contributed by atoms with E-state index in [4.69, 9.17) is 15.2 Å². The van der Waals surface area contributed by atoms with Crippen LogP contribution in [-0.4, -0.2) is 66.5 Å². The average Bonchev–Trinajstić information content (AvgIpc) is 3.34. The predicted octanol–water partition coefficient (Wildman–Crippen LogP) is -0.572. The first-order chi connectivity index (χ1) is 14.9. The maximum Gasteiger partial charge on any atom is 0.283 e.